The van der Waals surface area contributed by atoms with Crippen LogP contribution in [0.15, 0.2) is 47.5 Å². The predicted molar refractivity (Wildman–Crippen MR) is 149 cm³/mol. The number of aromatic nitrogens is 2. The Bertz CT molecular complexity index is 1200. The first-order valence-electron chi connectivity index (χ1n) is 13.1. The first-order chi connectivity index (χ1) is 18.8. The molecule has 1 aliphatic rings. The number of likely N-dealkylation sites (tertiary alicyclic amines) is 1. The van der Waals surface area contributed by atoms with Crippen molar-refractivity contribution in [2.75, 3.05) is 30.7 Å². The van der Waals surface area contributed by atoms with Crippen LogP contribution in [0.3, 0.4) is 0 Å². The van der Waals surface area contributed by atoms with Crippen molar-refractivity contribution in [2.45, 2.75) is 56.9 Å². The molecule has 39 heavy (non-hydrogen) atoms. The molecule has 0 spiro atoms. The lowest BCUT2D eigenvalue weighted by atomic mass is 10.1. The molecule has 1 aliphatic heterocycles. The average Bonchev–Trinajstić information content (AvgIpc) is 3.33. The number of carbonyl (C=O) groups is 4. The largest absolute Gasteiger partial charge is 0.481 e. The van der Waals surface area contributed by atoms with E-state index in [1.165, 1.54) is 28.7 Å². The Hall–Kier alpha value is -3.67. The van der Waals surface area contributed by atoms with Gasteiger partial charge in [-0.15, -0.1) is 11.8 Å². The summed E-state index contributed by atoms with van der Waals surface area (Å²) >= 11 is 1.34. The van der Waals surface area contributed by atoms with E-state index < -0.39 is 41.7 Å². The van der Waals surface area contributed by atoms with E-state index in [0.717, 1.165) is 18.5 Å². The zero-order valence-corrected chi connectivity index (χ0v) is 22.8. The van der Waals surface area contributed by atoms with Gasteiger partial charge in [-0.1, -0.05) is 37.3 Å². The topological polar surface area (TPSA) is 151 Å². The fourth-order valence-corrected chi connectivity index (χ4v) is 5.28. The van der Waals surface area contributed by atoms with Crippen molar-refractivity contribution < 1.29 is 24.3 Å². The van der Waals surface area contributed by atoms with Crippen LogP contribution in [0.1, 0.15) is 50.6 Å². The number of nitrogens with zero attached hydrogens (tertiary/aromatic N) is 3. The smallest absolute Gasteiger partial charge is 0.305 e. The molecule has 1 aromatic heterocycles. The van der Waals surface area contributed by atoms with Gasteiger partial charge in [-0.2, -0.15) is 0 Å². The summed E-state index contributed by atoms with van der Waals surface area (Å²) in [6, 6.07) is 7.39. The zero-order chi connectivity index (χ0) is 28.2. The number of thioether (sulfide) groups is 1. The molecule has 3 rings (SSSR count). The normalized spacial score (nSPS) is 14.6. The maximum Gasteiger partial charge on any atom is 0.305 e. The third-order valence-corrected chi connectivity index (χ3v) is 7.43. The quantitative estimate of drug-likeness (QED) is 0.264. The molecule has 0 bridgehead atoms. The number of ketones is 1. The van der Waals surface area contributed by atoms with E-state index in [4.69, 9.17) is 0 Å². The van der Waals surface area contributed by atoms with Crippen LogP contribution in [0.4, 0.5) is 5.82 Å². The monoisotopic (exact) mass is 557 g/mol. The summed E-state index contributed by atoms with van der Waals surface area (Å²) in [5, 5.41) is 14.9. The van der Waals surface area contributed by atoms with Gasteiger partial charge in [0.2, 0.25) is 11.8 Å². The molecule has 1 fully saturated rings. The minimum atomic E-state index is -1.21. The number of hydrogen-bond donors (Lipinski definition) is 3. The second kappa shape index (κ2) is 15.1. The van der Waals surface area contributed by atoms with Gasteiger partial charge in [-0.3, -0.25) is 28.5 Å². The molecule has 11 nitrogen and oxygen atoms in total. The number of benzene rings is 1. The summed E-state index contributed by atoms with van der Waals surface area (Å²) in [5.41, 5.74) is 0.530. The first-order valence-corrected chi connectivity index (χ1v) is 14.2. The summed E-state index contributed by atoms with van der Waals surface area (Å²) < 4.78 is 1.24. The van der Waals surface area contributed by atoms with Crippen LogP contribution in [0, 0.1) is 0 Å². The van der Waals surface area contributed by atoms with Crippen LogP contribution in [-0.4, -0.2) is 74.6 Å². The lowest BCUT2D eigenvalue weighted by molar-refractivity contribution is -0.140. The van der Waals surface area contributed by atoms with Gasteiger partial charge in [-0.25, -0.2) is 4.98 Å². The zero-order valence-electron chi connectivity index (χ0n) is 22.0. The molecule has 2 atom stereocenters. The van der Waals surface area contributed by atoms with Gasteiger partial charge < -0.3 is 20.6 Å². The number of nitrogens with one attached hydrogen (secondary N) is 2. The van der Waals surface area contributed by atoms with Crippen LogP contribution in [0.25, 0.3) is 0 Å². The highest BCUT2D eigenvalue weighted by molar-refractivity contribution is 7.99. The molecule has 2 aromatic rings. The van der Waals surface area contributed by atoms with E-state index in [1.54, 1.807) is 11.8 Å². The van der Waals surface area contributed by atoms with E-state index in [0.29, 0.717) is 31.7 Å². The van der Waals surface area contributed by atoms with Gasteiger partial charge in [0, 0.05) is 44.2 Å². The minimum absolute atomic E-state index is 0.0379. The Morgan fingerprint density at radius 3 is 2.62 bits per heavy atom. The molecule has 0 aliphatic carbocycles. The number of aliphatic carboxylic acids is 1. The van der Waals surface area contributed by atoms with Crippen LogP contribution in [-0.2, 0) is 24.9 Å². The highest BCUT2D eigenvalue weighted by Gasteiger charge is 2.28. The minimum Gasteiger partial charge on any atom is -0.481 e. The molecule has 1 aromatic carbocycles. The Kier molecular flexibility index (Phi) is 11.5. The van der Waals surface area contributed by atoms with Crippen molar-refractivity contribution in [3.63, 3.8) is 0 Å². The van der Waals surface area contributed by atoms with Crippen molar-refractivity contribution >= 4 is 41.1 Å². The highest BCUT2D eigenvalue weighted by Crippen LogP contribution is 2.15. The molecule has 2 amide bonds. The molecule has 1 saturated heterocycles. The predicted octanol–water partition coefficient (Wildman–Crippen LogP) is 2.08. The Morgan fingerprint density at radius 2 is 1.95 bits per heavy atom. The van der Waals surface area contributed by atoms with Gasteiger partial charge >= 0.3 is 5.97 Å². The molecular weight excluding hydrogens is 522 g/mol. The maximum absolute atomic E-state index is 13.2. The summed E-state index contributed by atoms with van der Waals surface area (Å²) in [4.78, 5) is 68.1. The average molecular weight is 558 g/mol. The summed E-state index contributed by atoms with van der Waals surface area (Å²) in [6.45, 7) is 3.49. The van der Waals surface area contributed by atoms with Crippen molar-refractivity contribution in [2.24, 2.45) is 0 Å². The molecule has 0 radical (unpaired) electrons. The maximum atomic E-state index is 13.2. The second-order valence-corrected chi connectivity index (χ2v) is 10.3. The van der Waals surface area contributed by atoms with Crippen molar-refractivity contribution in [1.82, 2.24) is 19.8 Å². The number of anilines is 1. The fraction of sp³-hybridized carbons (Fsp3) is 0.481. The molecular formula is C27H35N5O6S. The summed E-state index contributed by atoms with van der Waals surface area (Å²) in [6.07, 6.45) is 4.57. The van der Waals surface area contributed by atoms with Crippen molar-refractivity contribution in [1.29, 1.82) is 0 Å². The van der Waals surface area contributed by atoms with Crippen molar-refractivity contribution in [3.05, 3.63) is 58.6 Å². The number of Topliss-reactive ketones (excluding diaryl/α,β-unsaturated/α-hetero) is 1. The molecule has 12 heteroatoms. The first kappa shape index (κ1) is 29.9. The number of carbonyl (C=O) groups excluding carboxylic acids is 3. The number of amides is 2. The SMILES string of the molecule is CC[C@@H](C(=O)N[C@@H](CC(=O)O)C(=O)CSCc1ccccc1)n1ccnc(NCCCN2CCCC2=O)c1=O. The lowest BCUT2D eigenvalue weighted by Crippen LogP contribution is -2.47. The van der Waals surface area contributed by atoms with Gasteiger partial charge in [0.1, 0.15) is 6.04 Å². The molecule has 3 N–H and O–H groups in total. The number of carboxylic acids is 1. The fourth-order valence-electron chi connectivity index (χ4n) is 4.35. The third kappa shape index (κ3) is 8.95. The lowest BCUT2D eigenvalue weighted by Gasteiger charge is -2.22. The Labute approximate surface area is 231 Å². The molecule has 210 valence electrons. The Balaban J connectivity index is 1.60. The third-order valence-electron chi connectivity index (χ3n) is 6.40. The molecule has 0 saturated carbocycles. The van der Waals surface area contributed by atoms with Gasteiger partial charge in [0.05, 0.1) is 18.2 Å². The standard InChI is InChI=1S/C27H35N5O6S/c1-2-21(32-15-12-29-25(27(32)38)28-11-7-14-31-13-6-10-23(31)34)26(37)30-20(16-24(35)36)22(33)18-39-17-19-8-4-3-5-9-19/h3-5,8-9,12,15,20-21H,2,6-7,10-11,13-14,16-18H2,1H3,(H,28,29)(H,30,37)(H,35,36)/t20-,21-/m0/s1. The Morgan fingerprint density at radius 1 is 1.18 bits per heavy atom. The van der Waals surface area contributed by atoms with E-state index >= 15 is 0 Å². The van der Waals surface area contributed by atoms with Crippen LogP contribution >= 0.6 is 11.8 Å². The number of hydrogen-bond acceptors (Lipinski definition) is 8. The molecule has 2 heterocycles. The van der Waals surface area contributed by atoms with Gasteiger partial charge in [0.15, 0.2) is 11.6 Å². The highest BCUT2D eigenvalue weighted by atomic mass is 32.2. The van der Waals surface area contributed by atoms with E-state index in [9.17, 15) is 29.1 Å². The van der Waals surface area contributed by atoms with E-state index in [-0.39, 0.29) is 23.9 Å². The summed E-state index contributed by atoms with van der Waals surface area (Å²) in [5.74, 6) is -1.39. The van der Waals surface area contributed by atoms with Crippen LogP contribution < -0.4 is 16.2 Å². The number of carboxylic acid groups (broad SMARTS) is 1. The second-order valence-electron chi connectivity index (χ2n) is 9.28. The van der Waals surface area contributed by atoms with Gasteiger partial charge in [0.25, 0.3) is 5.56 Å². The van der Waals surface area contributed by atoms with Crippen molar-refractivity contribution in [3.8, 4) is 0 Å². The van der Waals surface area contributed by atoms with Crippen LogP contribution in [0.5, 0.6) is 0 Å². The summed E-state index contributed by atoms with van der Waals surface area (Å²) in [7, 11) is 0. The molecule has 0 unspecified atom stereocenters. The van der Waals surface area contributed by atoms with Gasteiger partial charge in [-0.05, 0) is 24.8 Å². The van der Waals surface area contributed by atoms with E-state index in [1.807, 2.05) is 30.3 Å². The van der Waals surface area contributed by atoms with Crippen LogP contribution in [0.2, 0.25) is 0 Å². The van der Waals surface area contributed by atoms with E-state index in [2.05, 4.69) is 15.6 Å². The number of rotatable bonds is 16.